The normalized spacial score (nSPS) is 27.6. The molecule has 380 valence electrons. The molecule has 0 saturated carbocycles. The van der Waals surface area contributed by atoms with E-state index in [1.165, 1.54) is 0 Å². The Morgan fingerprint density at radius 1 is 0.552 bits per heavy atom. The Kier molecular flexibility index (Phi) is 34.3. The van der Waals surface area contributed by atoms with Crippen molar-refractivity contribution in [2.45, 2.75) is 197 Å². The van der Waals surface area contributed by atoms with E-state index in [0.29, 0.717) is 6.42 Å². The Balaban J connectivity index is 1.67. The zero-order valence-corrected chi connectivity index (χ0v) is 40.1. The summed E-state index contributed by atoms with van der Waals surface area (Å²) in [5, 5.41) is 85.9. The van der Waals surface area contributed by atoms with Crippen molar-refractivity contribution < 1.29 is 64.6 Å². The molecule has 2 heterocycles. The molecular formula is C53H85NO13. The number of rotatable bonds is 35. The molecule has 12 unspecified atom stereocenters. The van der Waals surface area contributed by atoms with Gasteiger partial charge in [0.1, 0.15) is 48.8 Å². The first kappa shape index (κ1) is 59.8. The van der Waals surface area contributed by atoms with Crippen molar-refractivity contribution >= 4 is 5.91 Å². The van der Waals surface area contributed by atoms with E-state index in [1.807, 2.05) is 6.08 Å². The largest absolute Gasteiger partial charge is 0.394 e. The summed E-state index contributed by atoms with van der Waals surface area (Å²) in [5.74, 6) is -0.281. The lowest BCUT2D eigenvalue weighted by atomic mass is 9.97. The number of nitrogens with one attached hydrogen (secondary N) is 1. The van der Waals surface area contributed by atoms with Crippen molar-refractivity contribution in [1.29, 1.82) is 0 Å². The SMILES string of the molecule is CC/C=C\C/C=C\C/C=C\C/C=C\C/C=C\C/C=C\C/C=C\C/C=C\CCCCCCC(=O)NC(COC1OC(CO)C(OC2OC(CO)C(O)C(O)C2O)C(O)C1O)C(O)/C=C/CCCC. The summed E-state index contributed by atoms with van der Waals surface area (Å²) in [6.45, 7) is 2.44. The van der Waals surface area contributed by atoms with Gasteiger partial charge in [-0.05, 0) is 77.0 Å². The van der Waals surface area contributed by atoms with Gasteiger partial charge < -0.3 is 65.1 Å². The number of carbonyl (C=O) groups is 1. The van der Waals surface area contributed by atoms with Gasteiger partial charge in [-0.1, -0.05) is 149 Å². The number of aliphatic hydroxyl groups is 8. The summed E-state index contributed by atoms with van der Waals surface area (Å²) in [7, 11) is 0. The smallest absolute Gasteiger partial charge is 0.220 e. The fourth-order valence-corrected chi connectivity index (χ4v) is 7.17. The Bertz CT molecular complexity index is 1540. The zero-order valence-electron chi connectivity index (χ0n) is 40.1. The summed E-state index contributed by atoms with van der Waals surface area (Å²) in [6, 6.07) is -0.932. The first-order chi connectivity index (χ1) is 32.6. The van der Waals surface area contributed by atoms with Gasteiger partial charge in [0.2, 0.25) is 5.91 Å². The van der Waals surface area contributed by atoms with Gasteiger partial charge in [0.25, 0.3) is 0 Å². The second-order valence-electron chi connectivity index (χ2n) is 16.9. The monoisotopic (exact) mass is 944 g/mol. The third-order valence-corrected chi connectivity index (χ3v) is 11.2. The number of hydrogen-bond acceptors (Lipinski definition) is 13. The van der Waals surface area contributed by atoms with Crippen LogP contribution in [0.15, 0.2) is 109 Å². The van der Waals surface area contributed by atoms with Gasteiger partial charge in [0.15, 0.2) is 12.6 Å². The minimum absolute atomic E-state index is 0.241. The van der Waals surface area contributed by atoms with Crippen LogP contribution in [-0.2, 0) is 23.7 Å². The molecule has 0 bridgehead atoms. The molecule has 2 fully saturated rings. The van der Waals surface area contributed by atoms with E-state index in [1.54, 1.807) is 6.08 Å². The number of unbranched alkanes of at least 4 members (excludes halogenated alkanes) is 6. The molecular weight excluding hydrogens is 859 g/mol. The van der Waals surface area contributed by atoms with Crippen LogP contribution in [0.5, 0.6) is 0 Å². The van der Waals surface area contributed by atoms with Crippen molar-refractivity contribution in [2.75, 3.05) is 19.8 Å². The second kappa shape index (κ2) is 38.5. The van der Waals surface area contributed by atoms with Crippen LogP contribution >= 0.6 is 0 Å². The van der Waals surface area contributed by atoms with Gasteiger partial charge in [-0.3, -0.25) is 4.79 Å². The van der Waals surface area contributed by atoms with E-state index in [0.717, 1.165) is 96.3 Å². The van der Waals surface area contributed by atoms with Crippen LogP contribution in [0.1, 0.15) is 123 Å². The van der Waals surface area contributed by atoms with E-state index >= 15 is 0 Å². The molecule has 2 rings (SSSR count). The highest BCUT2D eigenvalue weighted by atomic mass is 16.7. The van der Waals surface area contributed by atoms with E-state index in [9.17, 15) is 45.6 Å². The maximum atomic E-state index is 13.0. The van der Waals surface area contributed by atoms with Crippen LogP contribution in [0.2, 0.25) is 0 Å². The van der Waals surface area contributed by atoms with Crippen LogP contribution < -0.4 is 5.32 Å². The molecule has 0 aromatic heterocycles. The molecule has 67 heavy (non-hydrogen) atoms. The van der Waals surface area contributed by atoms with Gasteiger partial charge in [-0.15, -0.1) is 0 Å². The Hall–Kier alpha value is -3.35. The first-order valence-corrected chi connectivity index (χ1v) is 24.6. The molecule has 9 N–H and O–H groups in total. The molecule has 0 aromatic carbocycles. The molecule has 14 nitrogen and oxygen atoms in total. The summed E-state index contributed by atoms with van der Waals surface area (Å²) in [6.07, 6.45) is 36.5. The molecule has 1 amide bonds. The molecule has 0 aromatic rings. The summed E-state index contributed by atoms with van der Waals surface area (Å²) < 4.78 is 22.5. The fraction of sp³-hybridized carbons (Fsp3) is 0.642. The van der Waals surface area contributed by atoms with Crippen molar-refractivity contribution in [1.82, 2.24) is 5.32 Å². The minimum atomic E-state index is -1.79. The van der Waals surface area contributed by atoms with Crippen LogP contribution in [0.25, 0.3) is 0 Å². The van der Waals surface area contributed by atoms with E-state index < -0.39 is 86.8 Å². The van der Waals surface area contributed by atoms with Crippen LogP contribution in [0, 0.1) is 0 Å². The highest BCUT2D eigenvalue weighted by Crippen LogP contribution is 2.30. The van der Waals surface area contributed by atoms with Crippen LogP contribution in [-0.4, -0.2) is 140 Å². The standard InChI is InChI=1S/C53H85NO13/c1-3-5-7-9-10-11-12-13-14-15-16-17-18-19-20-21-22-23-24-25-26-27-28-29-30-31-32-33-35-37-45(58)54-41(42(57)36-34-8-6-4-2)40-64-52-50(63)48(61)51(44(39-56)66-52)67-53-49(62)47(60)46(59)43(38-55)65-53/h5,7,10-11,13-14,16-17,19-20,22-23,25-26,28-29,34,36,41-44,46-53,55-57,59-63H,3-4,6,8-9,12,15,18,21,24,27,30-33,35,37-40H2,1-2H3,(H,54,58)/b7-5-,11-10-,14-13-,17-16-,20-19-,23-22-,26-25-,29-28-,36-34+. The number of carbonyl (C=O) groups excluding carboxylic acids is 1. The zero-order chi connectivity index (χ0) is 48.9. The summed E-state index contributed by atoms with van der Waals surface area (Å²) in [4.78, 5) is 13.0. The van der Waals surface area contributed by atoms with Gasteiger partial charge in [0, 0.05) is 6.42 Å². The lowest BCUT2D eigenvalue weighted by molar-refractivity contribution is -0.359. The predicted molar refractivity (Wildman–Crippen MR) is 262 cm³/mol. The number of ether oxygens (including phenoxy) is 4. The number of hydrogen-bond donors (Lipinski definition) is 9. The molecule has 0 aliphatic carbocycles. The van der Waals surface area contributed by atoms with Crippen LogP contribution in [0.3, 0.4) is 0 Å². The summed E-state index contributed by atoms with van der Waals surface area (Å²) in [5.41, 5.74) is 0. The van der Waals surface area contributed by atoms with Gasteiger partial charge in [-0.25, -0.2) is 0 Å². The molecule has 2 aliphatic heterocycles. The topological polar surface area (TPSA) is 228 Å². The Morgan fingerprint density at radius 3 is 1.55 bits per heavy atom. The summed E-state index contributed by atoms with van der Waals surface area (Å²) >= 11 is 0. The highest BCUT2D eigenvalue weighted by Gasteiger charge is 2.51. The quantitative estimate of drug-likeness (QED) is 0.0257. The van der Waals surface area contributed by atoms with Crippen molar-refractivity contribution in [3.8, 4) is 0 Å². The third kappa shape index (κ3) is 25.7. The Morgan fingerprint density at radius 2 is 1.03 bits per heavy atom. The van der Waals surface area contributed by atoms with Crippen molar-refractivity contribution in [3.05, 3.63) is 109 Å². The molecule has 14 heteroatoms. The van der Waals surface area contributed by atoms with Gasteiger partial charge in [-0.2, -0.15) is 0 Å². The van der Waals surface area contributed by atoms with Crippen LogP contribution in [0.4, 0.5) is 0 Å². The third-order valence-electron chi connectivity index (χ3n) is 11.2. The lowest BCUT2D eigenvalue weighted by Crippen LogP contribution is -2.65. The average Bonchev–Trinajstić information content (AvgIpc) is 3.33. The van der Waals surface area contributed by atoms with E-state index in [-0.39, 0.29) is 18.9 Å². The maximum absolute atomic E-state index is 13.0. The van der Waals surface area contributed by atoms with Crippen molar-refractivity contribution in [3.63, 3.8) is 0 Å². The number of aliphatic hydroxyl groups excluding tert-OH is 8. The van der Waals surface area contributed by atoms with Gasteiger partial charge >= 0.3 is 0 Å². The Labute approximate surface area is 400 Å². The number of amides is 1. The van der Waals surface area contributed by atoms with E-state index in [2.05, 4.69) is 116 Å². The maximum Gasteiger partial charge on any atom is 0.220 e. The molecule has 2 aliphatic rings. The first-order valence-electron chi connectivity index (χ1n) is 24.6. The predicted octanol–water partition coefficient (Wildman–Crippen LogP) is 6.15. The molecule has 2 saturated heterocycles. The molecule has 0 radical (unpaired) electrons. The lowest BCUT2D eigenvalue weighted by Gasteiger charge is -2.46. The molecule has 12 atom stereocenters. The van der Waals surface area contributed by atoms with Crippen molar-refractivity contribution in [2.24, 2.45) is 0 Å². The highest BCUT2D eigenvalue weighted by molar-refractivity contribution is 5.76. The van der Waals surface area contributed by atoms with E-state index in [4.69, 9.17) is 18.9 Å². The minimum Gasteiger partial charge on any atom is -0.394 e. The molecule has 0 spiro atoms. The average molecular weight is 944 g/mol. The fourth-order valence-electron chi connectivity index (χ4n) is 7.17. The van der Waals surface area contributed by atoms with Gasteiger partial charge in [0.05, 0.1) is 32.0 Å². The second-order valence-corrected chi connectivity index (χ2v) is 16.9. The number of allylic oxidation sites excluding steroid dienone is 17.